The Bertz CT molecular complexity index is 454. The van der Waals surface area contributed by atoms with Crippen LogP contribution < -0.4 is 4.74 Å². The molecule has 0 atom stereocenters. The summed E-state index contributed by atoms with van der Waals surface area (Å²) < 4.78 is 6.24. The van der Waals surface area contributed by atoms with Gasteiger partial charge >= 0.3 is 11.9 Å². The summed E-state index contributed by atoms with van der Waals surface area (Å²) in [5, 5.41) is 8.32. The molecule has 0 saturated heterocycles. The number of esters is 1. The Morgan fingerprint density at radius 2 is 1.94 bits per heavy atom. The van der Waals surface area contributed by atoms with Crippen LogP contribution in [0, 0.1) is 0 Å². The van der Waals surface area contributed by atoms with Crippen LogP contribution in [0.25, 0.3) is 0 Å². The lowest BCUT2D eigenvalue weighted by molar-refractivity contribution is -0.133. The van der Waals surface area contributed by atoms with Gasteiger partial charge in [0.1, 0.15) is 5.75 Å². The summed E-state index contributed by atoms with van der Waals surface area (Å²) in [5.74, 6) is -1.64. The van der Waals surface area contributed by atoms with Crippen LogP contribution in [-0.2, 0) is 9.59 Å². The van der Waals surface area contributed by atoms with Gasteiger partial charge in [-0.25, -0.2) is 9.59 Å². The maximum Gasteiger partial charge on any atom is 0.336 e. The molecule has 0 saturated carbocycles. The molecule has 16 heavy (non-hydrogen) atoms. The van der Waals surface area contributed by atoms with Crippen LogP contribution in [0.2, 0.25) is 0 Å². The van der Waals surface area contributed by atoms with E-state index in [9.17, 15) is 9.59 Å². The van der Waals surface area contributed by atoms with Crippen LogP contribution in [-0.4, -0.2) is 17.0 Å². The summed E-state index contributed by atoms with van der Waals surface area (Å²) in [7, 11) is 0. The Morgan fingerprint density at radius 3 is 2.56 bits per heavy atom. The maximum atomic E-state index is 11.2. The zero-order valence-corrected chi connectivity index (χ0v) is 11.0. The van der Waals surface area contributed by atoms with Crippen molar-refractivity contribution in [1.82, 2.24) is 0 Å². The SMILES string of the molecule is O=C(O)/C=C\C(=O)Oc1cccc(Br)c1Br. The number of carboxylic acids is 1. The van der Waals surface area contributed by atoms with Gasteiger partial charge in [-0.05, 0) is 44.0 Å². The number of hydrogen-bond acceptors (Lipinski definition) is 3. The summed E-state index contributed by atoms with van der Waals surface area (Å²) in [4.78, 5) is 21.3. The quantitative estimate of drug-likeness (QED) is 0.517. The van der Waals surface area contributed by atoms with Gasteiger partial charge in [-0.2, -0.15) is 0 Å². The fraction of sp³-hybridized carbons (Fsp3) is 0. The van der Waals surface area contributed by atoms with Crippen molar-refractivity contribution in [2.24, 2.45) is 0 Å². The van der Waals surface area contributed by atoms with Crippen LogP contribution in [0.4, 0.5) is 0 Å². The van der Waals surface area contributed by atoms with E-state index in [4.69, 9.17) is 9.84 Å². The molecule has 0 bridgehead atoms. The van der Waals surface area contributed by atoms with Gasteiger partial charge in [0.25, 0.3) is 0 Å². The zero-order chi connectivity index (χ0) is 12.1. The van der Waals surface area contributed by atoms with Crippen LogP contribution >= 0.6 is 31.9 Å². The fourth-order valence-electron chi connectivity index (χ4n) is 0.845. The van der Waals surface area contributed by atoms with Gasteiger partial charge in [-0.15, -0.1) is 0 Å². The van der Waals surface area contributed by atoms with E-state index in [1.165, 1.54) is 0 Å². The van der Waals surface area contributed by atoms with E-state index in [0.29, 0.717) is 16.3 Å². The molecule has 0 aromatic heterocycles. The Balaban J connectivity index is 2.78. The first-order valence-corrected chi connectivity index (χ1v) is 5.66. The van der Waals surface area contributed by atoms with Gasteiger partial charge in [0.05, 0.1) is 4.47 Å². The first kappa shape index (κ1) is 12.9. The first-order valence-electron chi connectivity index (χ1n) is 4.07. The second-order valence-corrected chi connectivity index (χ2v) is 4.29. The van der Waals surface area contributed by atoms with E-state index in [0.717, 1.165) is 10.5 Å². The third kappa shape index (κ3) is 3.79. The van der Waals surface area contributed by atoms with Gasteiger partial charge in [-0.1, -0.05) is 6.07 Å². The normalized spacial score (nSPS) is 10.4. The Kier molecular flexibility index (Phi) is 4.70. The topological polar surface area (TPSA) is 63.6 Å². The molecule has 0 aliphatic heterocycles. The number of rotatable bonds is 3. The average Bonchev–Trinajstić information content (AvgIpc) is 2.22. The minimum absolute atomic E-state index is 0.314. The predicted molar refractivity (Wildman–Crippen MR) is 64.3 cm³/mol. The summed E-state index contributed by atoms with van der Waals surface area (Å²) in [6.45, 7) is 0. The number of halogens is 2. The molecule has 4 nitrogen and oxygen atoms in total. The number of aliphatic carboxylic acids is 1. The second-order valence-electron chi connectivity index (χ2n) is 2.64. The number of carboxylic acid groups (broad SMARTS) is 1. The molecular formula is C10H6Br2O4. The maximum absolute atomic E-state index is 11.2. The van der Waals surface area contributed by atoms with Crippen molar-refractivity contribution in [3.05, 3.63) is 39.3 Å². The second kappa shape index (κ2) is 5.81. The van der Waals surface area contributed by atoms with E-state index in [1.807, 2.05) is 0 Å². The smallest absolute Gasteiger partial charge is 0.336 e. The van der Waals surface area contributed by atoms with Crippen LogP contribution in [0.5, 0.6) is 5.75 Å². The molecule has 0 fully saturated rings. The van der Waals surface area contributed by atoms with Gasteiger partial charge in [-0.3, -0.25) is 0 Å². The largest absolute Gasteiger partial charge is 0.478 e. The molecule has 0 unspecified atom stereocenters. The van der Waals surface area contributed by atoms with Crippen LogP contribution in [0.3, 0.4) is 0 Å². The molecule has 1 aromatic rings. The molecule has 0 heterocycles. The van der Waals surface area contributed by atoms with Crippen molar-refractivity contribution in [2.45, 2.75) is 0 Å². The van der Waals surface area contributed by atoms with E-state index < -0.39 is 11.9 Å². The van der Waals surface area contributed by atoms with E-state index in [1.54, 1.807) is 18.2 Å². The van der Waals surface area contributed by atoms with E-state index in [2.05, 4.69) is 31.9 Å². The number of hydrogen-bond donors (Lipinski definition) is 1. The molecule has 1 aromatic carbocycles. The third-order valence-electron chi connectivity index (χ3n) is 1.49. The summed E-state index contributed by atoms with van der Waals surface area (Å²) in [5.41, 5.74) is 0. The Morgan fingerprint density at radius 1 is 1.25 bits per heavy atom. The highest BCUT2D eigenvalue weighted by Gasteiger charge is 2.07. The standard InChI is InChI=1S/C10H6Br2O4/c11-6-2-1-3-7(10(6)12)16-9(15)5-4-8(13)14/h1-5H,(H,13,14)/b5-4-. The van der Waals surface area contributed by atoms with Gasteiger partial charge < -0.3 is 9.84 Å². The lowest BCUT2D eigenvalue weighted by atomic mass is 10.3. The average molecular weight is 350 g/mol. The van der Waals surface area contributed by atoms with Crippen molar-refractivity contribution in [1.29, 1.82) is 0 Å². The van der Waals surface area contributed by atoms with Crippen molar-refractivity contribution < 1.29 is 19.4 Å². The molecule has 0 aliphatic rings. The molecule has 0 spiro atoms. The Hall–Kier alpha value is -1.14. The monoisotopic (exact) mass is 348 g/mol. The first-order chi connectivity index (χ1) is 7.50. The number of ether oxygens (including phenoxy) is 1. The predicted octanol–water partition coefficient (Wildman–Crippen LogP) is 2.76. The lowest BCUT2D eigenvalue weighted by Crippen LogP contribution is -2.05. The fourth-order valence-corrected chi connectivity index (χ4v) is 1.54. The van der Waals surface area contributed by atoms with Crippen LogP contribution in [0.15, 0.2) is 39.3 Å². The lowest BCUT2D eigenvalue weighted by Gasteiger charge is -2.04. The number of benzene rings is 1. The summed E-state index contributed by atoms with van der Waals surface area (Å²) in [6.07, 6.45) is 1.56. The molecule has 84 valence electrons. The number of carbonyl (C=O) groups is 2. The highest BCUT2D eigenvalue weighted by Crippen LogP contribution is 2.32. The van der Waals surface area contributed by atoms with Crippen molar-refractivity contribution >= 4 is 43.8 Å². The molecule has 6 heteroatoms. The molecular weight excluding hydrogens is 344 g/mol. The van der Waals surface area contributed by atoms with E-state index in [-0.39, 0.29) is 0 Å². The molecule has 1 N–H and O–H groups in total. The van der Waals surface area contributed by atoms with Gasteiger partial charge in [0, 0.05) is 16.6 Å². The highest BCUT2D eigenvalue weighted by molar-refractivity contribution is 9.13. The van der Waals surface area contributed by atoms with E-state index >= 15 is 0 Å². The zero-order valence-electron chi connectivity index (χ0n) is 7.81. The minimum Gasteiger partial charge on any atom is -0.478 e. The summed E-state index contributed by atoms with van der Waals surface area (Å²) >= 11 is 6.47. The van der Waals surface area contributed by atoms with Crippen molar-refractivity contribution in [3.63, 3.8) is 0 Å². The summed E-state index contributed by atoms with van der Waals surface area (Å²) in [6, 6.07) is 5.05. The molecule has 0 amide bonds. The van der Waals surface area contributed by atoms with Gasteiger partial charge in [0.2, 0.25) is 0 Å². The molecule has 0 radical (unpaired) electrons. The molecule has 0 aliphatic carbocycles. The third-order valence-corrected chi connectivity index (χ3v) is 3.50. The number of carbonyl (C=O) groups excluding carboxylic acids is 1. The van der Waals surface area contributed by atoms with Gasteiger partial charge in [0.15, 0.2) is 0 Å². The highest BCUT2D eigenvalue weighted by atomic mass is 79.9. The Labute approximate surface area is 108 Å². The van der Waals surface area contributed by atoms with Crippen LogP contribution in [0.1, 0.15) is 0 Å². The van der Waals surface area contributed by atoms with Crippen molar-refractivity contribution in [2.75, 3.05) is 0 Å². The van der Waals surface area contributed by atoms with Crippen molar-refractivity contribution in [3.8, 4) is 5.75 Å². The molecule has 1 rings (SSSR count). The minimum atomic E-state index is -1.20.